The lowest BCUT2D eigenvalue weighted by Crippen LogP contribution is -2.52. The quantitative estimate of drug-likeness (QED) is 0.303. The molecule has 10 heteroatoms. The summed E-state index contributed by atoms with van der Waals surface area (Å²) in [6.07, 6.45) is -4.11. The number of piperazine rings is 1. The average molecular weight is 605 g/mol. The van der Waals surface area contributed by atoms with Gasteiger partial charge in [0.1, 0.15) is 0 Å². The van der Waals surface area contributed by atoms with Gasteiger partial charge in [0.2, 0.25) is 0 Å². The zero-order valence-corrected chi connectivity index (χ0v) is 22.5. The normalized spacial score (nSPS) is 19.4. The minimum atomic E-state index is -4.92. The van der Waals surface area contributed by atoms with Gasteiger partial charge in [-0.15, -0.1) is 0 Å². The Kier molecular flexibility index (Phi) is 9.25. The summed E-state index contributed by atoms with van der Waals surface area (Å²) in [4.78, 5) is 18.1. The van der Waals surface area contributed by atoms with Gasteiger partial charge in [-0.2, -0.15) is 26.3 Å². The number of carbonyl (C=O) groups is 1. The molecule has 2 aliphatic rings. The van der Waals surface area contributed by atoms with Gasteiger partial charge in [-0.25, -0.2) is 0 Å². The zero-order chi connectivity index (χ0) is 27.5. The third-order valence-electron chi connectivity index (χ3n) is 7.58. The fourth-order valence-electron chi connectivity index (χ4n) is 5.65. The van der Waals surface area contributed by atoms with E-state index in [1.807, 2.05) is 24.3 Å². The average Bonchev–Trinajstić information content (AvgIpc) is 2.87. The molecule has 1 saturated carbocycles. The van der Waals surface area contributed by atoms with Crippen LogP contribution in [0.15, 0.2) is 46.9 Å². The molecule has 208 valence electrons. The molecule has 1 aliphatic carbocycles. The molecule has 1 saturated heterocycles. The molecule has 1 atom stereocenters. The molecule has 0 spiro atoms. The lowest BCUT2D eigenvalue weighted by molar-refractivity contribution is -0.143. The molecule has 4 rings (SSSR count). The van der Waals surface area contributed by atoms with E-state index in [0.717, 1.165) is 23.1 Å². The second-order valence-electron chi connectivity index (χ2n) is 10.2. The van der Waals surface area contributed by atoms with Gasteiger partial charge in [-0.05, 0) is 60.7 Å². The Hall–Kier alpha value is -1.91. The SMILES string of the molecule is O=C(CCc1cc(C(F)(F)F)cc(C(F)(F)F)c1)C(c1cccc(Br)c1)N1CCN(C2CCCCC2)CC1. The topological polar surface area (TPSA) is 23.6 Å². The number of ketones is 1. The summed E-state index contributed by atoms with van der Waals surface area (Å²) in [5.74, 6) is -0.222. The molecule has 0 aromatic heterocycles. The third kappa shape index (κ3) is 7.39. The highest BCUT2D eigenvalue weighted by atomic mass is 79.9. The van der Waals surface area contributed by atoms with Crippen molar-refractivity contribution in [2.24, 2.45) is 0 Å². The number of aryl methyl sites for hydroxylation is 1. The minimum absolute atomic E-state index is 0.113. The van der Waals surface area contributed by atoms with Crippen molar-refractivity contribution in [1.82, 2.24) is 9.80 Å². The maximum atomic E-state index is 13.6. The van der Waals surface area contributed by atoms with E-state index in [4.69, 9.17) is 0 Å². The van der Waals surface area contributed by atoms with E-state index < -0.39 is 29.5 Å². The molecule has 2 aromatic carbocycles. The maximum absolute atomic E-state index is 13.6. The van der Waals surface area contributed by atoms with Gasteiger partial charge in [0.15, 0.2) is 5.78 Å². The number of alkyl halides is 6. The van der Waals surface area contributed by atoms with Crippen LogP contribution in [0.5, 0.6) is 0 Å². The van der Waals surface area contributed by atoms with Crippen molar-refractivity contribution in [1.29, 1.82) is 0 Å². The molecule has 1 unspecified atom stereocenters. The van der Waals surface area contributed by atoms with Gasteiger partial charge in [0, 0.05) is 43.1 Å². The Labute approximate surface area is 227 Å². The predicted molar refractivity (Wildman–Crippen MR) is 137 cm³/mol. The van der Waals surface area contributed by atoms with Crippen LogP contribution in [-0.2, 0) is 23.6 Å². The van der Waals surface area contributed by atoms with Gasteiger partial charge in [0.25, 0.3) is 0 Å². The summed E-state index contributed by atoms with van der Waals surface area (Å²) in [5.41, 5.74) is -2.12. The Bertz CT molecular complexity index is 1070. The van der Waals surface area contributed by atoms with Gasteiger partial charge in [0.05, 0.1) is 17.2 Å². The van der Waals surface area contributed by atoms with Crippen molar-refractivity contribution in [2.75, 3.05) is 26.2 Å². The molecule has 38 heavy (non-hydrogen) atoms. The van der Waals surface area contributed by atoms with E-state index in [0.29, 0.717) is 31.3 Å². The highest BCUT2D eigenvalue weighted by Gasteiger charge is 2.37. The van der Waals surface area contributed by atoms with Crippen molar-refractivity contribution in [3.05, 3.63) is 69.2 Å². The van der Waals surface area contributed by atoms with Crippen LogP contribution in [0.4, 0.5) is 26.3 Å². The number of hydrogen-bond donors (Lipinski definition) is 0. The first-order chi connectivity index (χ1) is 17.9. The molecule has 0 radical (unpaired) electrons. The summed E-state index contributed by atoms with van der Waals surface area (Å²) in [6, 6.07) is 8.83. The van der Waals surface area contributed by atoms with E-state index in [1.54, 1.807) is 0 Å². The number of benzene rings is 2. The van der Waals surface area contributed by atoms with Gasteiger partial charge in [-0.3, -0.25) is 14.6 Å². The van der Waals surface area contributed by atoms with Crippen LogP contribution in [-0.4, -0.2) is 47.8 Å². The van der Waals surface area contributed by atoms with Gasteiger partial charge < -0.3 is 0 Å². The van der Waals surface area contributed by atoms with Gasteiger partial charge >= 0.3 is 12.4 Å². The smallest absolute Gasteiger partial charge is 0.298 e. The summed E-state index contributed by atoms with van der Waals surface area (Å²) >= 11 is 3.44. The van der Waals surface area contributed by atoms with Crippen molar-refractivity contribution < 1.29 is 31.1 Å². The Morgan fingerprint density at radius 2 is 1.47 bits per heavy atom. The maximum Gasteiger partial charge on any atom is 0.416 e. The van der Waals surface area contributed by atoms with Crippen LogP contribution in [0.25, 0.3) is 0 Å². The number of hydrogen-bond acceptors (Lipinski definition) is 3. The molecule has 2 fully saturated rings. The van der Waals surface area contributed by atoms with Crippen LogP contribution in [0.2, 0.25) is 0 Å². The van der Waals surface area contributed by atoms with Crippen molar-refractivity contribution in [3.63, 3.8) is 0 Å². The van der Waals surface area contributed by atoms with E-state index in [-0.39, 0.29) is 30.3 Å². The molecule has 1 heterocycles. The molecule has 2 aromatic rings. The van der Waals surface area contributed by atoms with Crippen molar-refractivity contribution in [3.8, 4) is 0 Å². The highest BCUT2D eigenvalue weighted by Crippen LogP contribution is 2.37. The largest absolute Gasteiger partial charge is 0.416 e. The number of Topliss-reactive ketones (excluding diaryl/α,β-unsaturated/α-hetero) is 1. The monoisotopic (exact) mass is 604 g/mol. The van der Waals surface area contributed by atoms with Crippen LogP contribution in [0.3, 0.4) is 0 Å². The number of rotatable bonds is 7. The third-order valence-corrected chi connectivity index (χ3v) is 8.08. The summed E-state index contributed by atoms with van der Waals surface area (Å²) in [6.45, 7) is 2.98. The van der Waals surface area contributed by atoms with E-state index in [9.17, 15) is 31.1 Å². The second-order valence-corrected chi connectivity index (χ2v) is 11.1. The Morgan fingerprint density at radius 1 is 0.868 bits per heavy atom. The number of nitrogens with zero attached hydrogens (tertiary/aromatic N) is 2. The van der Waals surface area contributed by atoms with Crippen molar-refractivity contribution in [2.45, 2.75) is 69.4 Å². The van der Waals surface area contributed by atoms with Crippen LogP contribution < -0.4 is 0 Å². The molecule has 0 amide bonds. The predicted octanol–water partition coefficient (Wildman–Crippen LogP) is 7.68. The molecule has 0 bridgehead atoms. The van der Waals surface area contributed by atoms with Crippen LogP contribution in [0.1, 0.15) is 66.8 Å². The van der Waals surface area contributed by atoms with Crippen LogP contribution in [0, 0.1) is 0 Å². The standard InChI is InChI=1S/C28H31BrF6N2O/c29-23-6-4-5-20(17-23)26(37-13-11-36(12-14-37)24-7-2-1-3-8-24)25(38)10-9-19-15-21(27(30,31)32)18-22(16-19)28(33,34)35/h4-6,15-18,24,26H,1-3,7-14H2. The fourth-order valence-corrected chi connectivity index (χ4v) is 6.07. The number of carbonyl (C=O) groups excluding carboxylic acids is 1. The Balaban J connectivity index is 1.52. The zero-order valence-electron chi connectivity index (χ0n) is 20.9. The number of halogens is 7. The fraction of sp³-hybridized carbons (Fsp3) is 0.536. The van der Waals surface area contributed by atoms with Gasteiger partial charge in [-0.1, -0.05) is 47.3 Å². The lowest BCUT2D eigenvalue weighted by atomic mass is 9.92. The molecular formula is C28H31BrF6N2O. The van der Waals surface area contributed by atoms with E-state index in [2.05, 4.69) is 25.7 Å². The minimum Gasteiger partial charge on any atom is -0.298 e. The van der Waals surface area contributed by atoms with E-state index >= 15 is 0 Å². The first-order valence-corrected chi connectivity index (χ1v) is 13.8. The lowest BCUT2D eigenvalue weighted by Gasteiger charge is -2.43. The molecular weight excluding hydrogens is 574 g/mol. The highest BCUT2D eigenvalue weighted by molar-refractivity contribution is 9.10. The van der Waals surface area contributed by atoms with E-state index in [1.165, 1.54) is 32.1 Å². The summed E-state index contributed by atoms with van der Waals surface area (Å²) in [5, 5.41) is 0. The summed E-state index contributed by atoms with van der Waals surface area (Å²) in [7, 11) is 0. The molecule has 3 nitrogen and oxygen atoms in total. The van der Waals surface area contributed by atoms with Crippen molar-refractivity contribution >= 4 is 21.7 Å². The Morgan fingerprint density at radius 3 is 2.03 bits per heavy atom. The molecule has 0 N–H and O–H groups in total. The summed E-state index contributed by atoms with van der Waals surface area (Å²) < 4.78 is 80.5. The second kappa shape index (κ2) is 12.1. The van der Waals surface area contributed by atoms with Crippen LogP contribution >= 0.6 is 15.9 Å². The first-order valence-electron chi connectivity index (χ1n) is 13.0. The molecule has 1 aliphatic heterocycles. The first kappa shape index (κ1) is 29.1.